The molecule has 0 spiro atoms. The fraction of sp³-hybridized carbons (Fsp3) is 0.519. The van der Waals surface area contributed by atoms with Crippen molar-refractivity contribution >= 4 is 11.9 Å². The van der Waals surface area contributed by atoms with Gasteiger partial charge in [-0.15, -0.1) is 0 Å². The Morgan fingerprint density at radius 1 is 1.03 bits per heavy atom. The molecule has 2 fully saturated rings. The van der Waals surface area contributed by atoms with Gasteiger partial charge >= 0.3 is 11.9 Å². The number of phenols is 1. The summed E-state index contributed by atoms with van der Waals surface area (Å²) >= 11 is 0. The molecule has 1 aromatic carbocycles. The minimum atomic E-state index is -2.27. The van der Waals surface area contributed by atoms with E-state index in [-0.39, 0.29) is 0 Å². The predicted molar refractivity (Wildman–Crippen MR) is 131 cm³/mol. The Labute approximate surface area is 210 Å². The van der Waals surface area contributed by atoms with E-state index in [1.807, 2.05) is 18.5 Å². The van der Waals surface area contributed by atoms with Crippen molar-refractivity contribution in [2.45, 2.75) is 68.6 Å². The maximum atomic E-state index is 10.1. The number of aliphatic hydroxyl groups is 2. The molecule has 0 radical (unpaired) electrons. The molecule has 2 aliphatic carbocycles. The third kappa shape index (κ3) is 5.23. The summed E-state index contributed by atoms with van der Waals surface area (Å²) in [5.41, 5.74) is 4.68. The fourth-order valence-corrected chi connectivity index (χ4v) is 6.44. The lowest BCUT2D eigenvalue weighted by atomic mass is 9.52. The van der Waals surface area contributed by atoms with Crippen molar-refractivity contribution in [1.82, 2.24) is 9.88 Å². The molecule has 2 unspecified atom stereocenters. The Morgan fingerprint density at radius 3 is 2.39 bits per heavy atom. The number of hydrogen-bond donors (Lipinski definition) is 5. The van der Waals surface area contributed by atoms with Crippen LogP contribution in [0.4, 0.5) is 0 Å². The Morgan fingerprint density at radius 2 is 1.72 bits per heavy atom. The number of nitrogens with zero attached hydrogens (tertiary/aromatic N) is 2. The standard InChI is InChI=1S/C23H28N2O.C4H6O6/c26-19-5-4-18-15-22-20-3-1-2-9-23(20,21(18)16-19)10-14-25(22)13-8-17-6-11-24-12-7-17;5-1(3(7)8)2(6)4(9)10/h4-7,11-12,16,20,22,26H,1-3,8-10,13-15H2;1-2,5-6H,(H,7,8)(H,9,10)/t20-,22+,23+;/m0./s1. The Hall–Kier alpha value is -3.01. The van der Waals surface area contributed by atoms with Crippen LogP contribution in [0.2, 0.25) is 0 Å². The van der Waals surface area contributed by atoms with Crippen LogP contribution in [-0.4, -0.2) is 78.7 Å². The van der Waals surface area contributed by atoms with Gasteiger partial charge in [-0.25, -0.2) is 9.59 Å². The van der Waals surface area contributed by atoms with Crippen molar-refractivity contribution < 1.29 is 35.1 Å². The normalized spacial score (nSPS) is 26.4. The fourth-order valence-electron chi connectivity index (χ4n) is 6.44. The lowest BCUT2D eigenvalue weighted by Crippen LogP contribution is -2.61. The van der Waals surface area contributed by atoms with Crippen LogP contribution in [0.25, 0.3) is 0 Å². The van der Waals surface area contributed by atoms with Crippen molar-refractivity contribution in [2.24, 2.45) is 5.92 Å². The van der Waals surface area contributed by atoms with Gasteiger partial charge < -0.3 is 25.5 Å². The van der Waals surface area contributed by atoms with E-state index in [0.29, 0.717) is 17.2 Å². The molecule has 9 heteroatoms. The number of carbonyl (C=O) groups is 2. The number of likely N-dealkylation sites (tertiary alicyclic amines) is 1. The minimum absolute atomic E-state index is 0.322. The minimum Gasteiger partial charge on any atom is -0.508 e. The van der Waals surface area contributed by atoms with E-state index in [1.54, 1.807) is 0 Å². The number of fused-ring (bicyclic) bond motifs is 1. The number of benzene rings is 1. The van der Waals surface area contributed by atoms with E-state index in [2.05, 4.69) is 34.1 Å². The second kappa shape index (κ2) is 10.9. The van der Waals surface area contributed by atoms with Crippen LogP contribution in [-0.2, 0) is 27.8 Å². The SMILES string of the molecule is O=C(O)C(O)C(O)C(=O)O.Oc1ccc2c(c1)[C@@]13CCCC[C@H]1[C@@H](C2)N(CCc1ccncc1)CC3. The topological polar surface area (TPSA) is 151 Å². The van der Waals surface area contributed by atoms with Crippen LogP contribution in [0.3, 0.4) is 0 Å². The van der Waals surface area contributed by atoms with E-state index in [1.165, 1.54) is 55.3 Å². The van der Waals surface area contributed by atoms with Gasteiger partial charge in [0.05, 0.1) is 0 Å². The summed E-state index contributed by atoms with van der Waals surface area (Å²) in [6.45, 7) is 2.34. The number of carboxylic acid groups (broad SMARTS) is 2. The first-order valence-electron chi connectivity index (χ1n) is 12.5. The average Bonchev–Trinajstić information content (AvgIpc) is 2.88. The van der Waals surface area contributed by atoms with Gasteiger partial charge in [-0.3, -0.25) is 9.88 Å². The molecule has 5 rings (SSSR count). The largest absolute Gasteiger partial charge is 0.508 e. The summed E-state index contributed by atoms with van der Waals surface area (Å²) in [7, 11) is 0. The Balaban J connectivity index is 0.000000261. The zero-order valence-corrected chi connectivity index (χ0v) is 20.2. The summed E-state index contributed by atoms with van der Waals surface area (Å²) in [5, 5.41) is 42.6. The summed E-state index contributed by atoms with van der Waals surface area (Å²) in [6, 6.07) is 11.1. The van der Waals surface area contributed by atoms with Gasteiger partial charge in [-0.05, 0) is 85.5 Å². The van der Waals surface area contributed by atoms with Crippen molar-refractivity contribution in [3.63, 3.8) is 0 Å². The maximum absolute atomic E-state index is 10.1. The Bertz CT molecular complexity index is 1060. The van der Waals surface area contributed by atoms with Crippen molar-refractivity contribution in [1.29, 1.82) is 0 Å². The number of aliphatic hydroxyl groups excluding tert-OH is 2. The van der Waals surface area contributed by atoms with Crippen LogP contribution in [0.15, 0.2) is 42.7 Å². The van der Waals surface area contributed by atoms with Gasteiger partial charge in [0.15, 0.2) is 12.2 Å². The zero-order chi connectivity index (χ0) is 25.9. The number of aromatic nitrogens is 1. The first-order chi connectivity index (χ1) is 17.2. The highest BCUT2D eigenvalue weighted by Gasteiger charge is 2.53. The summed E-state index contributed by atoms with van der Waals surface area (Å²) in [4.78, 5) is 26.5. The number of aliphatic carboxylic acids is 2. The molecule has 5 N–H and O–H groups in total. The molecule has 9 nitrogen and oxygen atoms in total. The smallest absolute Gasteiger partial charge is 0.335 e. The number of rotatable bonds is 6. The lowest BCUT2D eigenvalue weighted by Gasteiger charge is -2.59. The third-order valence-corrected chi connectivity index (χ3v) is 8.18. The van der Waals surface area contributed by atoms with Gasteiger partial charge in [-0.1, -0.05) is 18.9 Å². The molecule has 0 amide bonds. The van der Waals surface area contributed by atoms with Crippen LogP contribution in [0, 0.1) is 5.92 Å². The van der Waals surface area contributed by atoms with Gasteiger partial charge in [0.25, 0.3) is 0 Å². The number of hydrogen-bond acceptors (Lipinski definition) is 7. The molecule has 2 aromatic rings. The number of pyridine rings is 1. The number of piperidine rings is 1. The average molecular weight is 499 g/mol. The zero-order valence-electron chi connectivity index (χ0n) is 20.2. The van der Waals surface area contributed by atoms with Crippen LogP contribution in [0.1, 0.15) is 48.8 Å². The van der Waals surface area contributed by atoms with Gasteiger partial charge in [0.1, 0.15) is 5.75 Å². The molecule has 194 valence electrons. The van der Waals surface area contributed by atoms with E-state index in [0.717, 1.165) is 25.3 Å². The molecule has 1 saturated carbocycles. The first kappa shape index (κ1) is 26.1. The number of carboxylic acids is 2. The molecule has 1 aromatic heterocycles. The highest BCUT2D eigenvalue weighted by molar-refractivity contribution is 5.83. The molecular weight excluding hydrogens is 464 g/mol. The quantitative estimate of drug-likeness (QED) is 0.402. The van der Waals surface area contributed by atoms with Crippen molar-refractivity contribution in [3.8, 4) is 5.75 Å². The molecule has 1 saturated heterocycles. The van der Waals surface area contributed by atoms with Gasteiger partial charge in [-0.2, -0.15) is 0 Å². The van der Waals surface area contributed by atoms with Crippen LogP contribution in [0.5, 0.6) is 5.75 Å². The monoisotopic (exact) mass is 498 g/mol. The molecule has 36 heavy (non-hydrogen) atoms. The van der Waals surface area contributed by atoms with E-state index in [4.69, 9.17) is 20.4 Å². The molecule has 1 aliphatic heterocycles. The van der Waals surface area contributed by atoms with E-state index < -0.39 is 24.1 Å². The summed E-state index contributed by atoms with van der Waals surface area (Å²) < 4.78 is 0. The van der Waals surface area contributed by atoms with Gasteiger partial charge in [0, 0.05) is 30.4 Å². The Kier molecular flexibility index (Phi) is 7.92. The summed E-state index contributed by atoms with van der Waals surface area (Å²) in [6.07, 6.45) is 8.16. The molecular formula is C27H34N2O7. The van der Waals surface area contributed by atoms with Crippen LogP contribution >= 0.6 is 0 Å². The van der Waals surface area contributed by atoms with E-state index >= 15 is 0 Å². The molecule has 5 atom stereocenters. The number of phenolic OH excluding ortho intramolecular Hbond substituents is 1. The second-order valence-corrected chi connectivity index (χ2v) is 10.1. The molecule has 2 bridgehead atoms. The lowest BCUT2D eigenvalue weighted by molar-refractivity contribution is -0.165. The molecule has 3 aliphatic rings. The number of aromatic hydroxyl groups is 1. The second-order valence-electron chi connectivity index (χ2n) is 10.1. The van der Waals surface area contributed by atoms with E-state index in [9.17, 15) is 14.7 Å². The van der Waals surface area contributed by atoms with Crippen molar-refractivity contribution in [2.75, 3.05) is 13.1 Å². The molecule has 2 heterocycles. The van der Waals surface area contributed by atoms with Gasteiger partial charge in [0.2, 0.25) is 0 Å². The predicted octanol–water partition coefficient (Wildman–Crippen LogP) is 1.97. The first-order valence-corrected chi connectivity index (χ1v) is 12.5. The summed E-state index contributed by atoms with van der Waals surface area (Å²) in [5.74, 6) is -2.33. The van der Waals surface area contributed by atoms with Crippen LogP contribution < -0.4 is 0 Å². The highest BCUT2D eigenvalue weighted by atomic mass is 16.4. The maximum Gasteiger partial charge on any atom is 0.335 e. The third-order valence-electron chi connectivity index (χ3n) is 8.18. The highest BCUT2D eigenvalue weighted by Crippen LogP contribution is 2.56. The van der Waals surface area contributed by atoms with Crippen molar-refractivity contribution in [3.05, 3.63) is 59.4 Å².